The molecule has 1 aromatic carbocycles. The average molecular weight is 165 g/mol. The Morgan fingerprint density at radius 3 is 2.33 bits per heavy atom. The van der Waals surface area contributed by atoms with E-state index in [2.05, 4.69) is 5.32 Å². The maximum absolute atomic E-state index is 9.73. The van der Waals surface area contributed by atoms with Crippen molar-refractivity contribution in [3.8, 4) is 0 Å². The van der Waals surface area contributed by atoms with Crippen LogP contribution < -0.4 is 5.32 Å². The van der Waals surface area contributed by atoms with E-state index in [9.17, 15) is 5.11 Å². The summed E-state index contributed by atoms with van der Waals surface area (Å²) in [6, 6.07) is 9.76. The van der Waals surface area contributed by atoms with Crippen LogP contribution >= 0.6 is 0 Å². The van der Waals surface area contributed by atoms with Crippen LogP contribution in [0, 0.1) is 0 Å². The molecule has 0 aromatic heterocycles. The maximum Gasteiger partial charge on any atom is 0.0940 e. The molecule has 0 saturated heterocycles. The van der Waals surface area contributed by atoms with Gasteiger partial charge in [-0.3, -0.25) is 0 Å². The molecule has 0 bridgehead atoms. The van der Waals surface area contributed by atoms with Crippen LogP contribution in [0.25, 0.3) is 0 Å². The van der Waals surface area contributed by atoms with Crippen molar-refractivity contribution < 1.29 is 5.11 Å². The van der Waals surface area contributed by atoms with Crippen molar-refractivity contribution in [2.24, 2.45) is 0 Å². The third-order valence-corrected chi connectivity index (χ3v) is 2.07. The molecule has 0 amide bonds. The minimum atomic E-state index is -0.420. The summed E-state index contributed by atoms with van der Waals surface area (Å²) in [5, 5.41) is 12.7. The van der Waals surface area contributed by atoms with E-state index in [-0.39, 0.29) is 6.04 Å². The average Bonchev–Trinajstić information content (AvgIpc) is 2.17. The zero-order valence-electron chi connectivity index (χ0n) is 7.49. The molecule has 1 rings (SSSR count). The highest BCUT2D eigenvalue weighted by Crippen LogP contribution is 2.15. The van der Waals surface area contributed by atoms with Gasteiger partial charge in [0.15, 0.2) is 0 Å². The Hall–Kier alpha value is -0.860. The van der Waals surface area contributed by atoms with Gasteiger partial charge in [0.2, 0.25) is 0 Å². The van der Waals surface area contributed by atoms with Crippen LogP contribution in [0.3, 0.4) is 0 Å². The van der Waals surface area contributed by atoms with Gasteiger partial charge in [0.1, 0.15) is 0 Å². The van der Waals surface area contributed by atoms with E-state index in [1.807, 2.05) is 44.3 Å². The van der Waals surface area contributed by atoms with E-state index >= 15 is 0 Å². The zero-order chi connectivity index (χ0) is 8.97. The molecule has 2 atom stereocenters. The van der Waals surface area contributed by atoms with Gasteiger partial charge in [0, 0.05) is 6.04 Å². The largest absolute Gasteiger partial charge is 0.387 e. The van der Waals surface area contributed by atoms with E-state index in [4.69, 9.17) is 0 Å². The zero-order valence-corrected chi connectivity index (χ0v) is 7.49. The van der Waals surface area contributed by atoms with Gasteiger partial charge in [-0.2, -0.15) is 0 Å². The molecule has 0 aliphatic carbocycles. The smallest absolute Gasteiger partial charge is 0.0940 e. The first-order chi connectivity index (χ1) is 5.75. The van der Waals surface area contributed by atoms with Crippen LogP contribution in [0.5, 0.6) is 0 Å². The Balaban J connectivity index is 2.71. The van der Waals surface area contributed by atoms with Gasteiger partial charge < -0.3 is 10.4 Å². The second-order valence-corrected chi connectivity index (χ2v) is 2.93. The monoisotopic (exact) mass is 165 g/mol. The standard InChI is InChI=1S/C10H15NO/c1-8(11-2)10(12)9-6-4-3-5-7-9/h3-8,10-12H,1-2H3/t8-,10-/m1/s1. The summed E-state index contributed by atoms with van der Waals surface area (Å²) in [5.74, 6) is 0. The molecule has 66 valence electrons. The van der Waals surface area contributed by atoms with Gasteiger partial charge in [0.25, 0.3) is 0 Å². The molecule has 0 aliphatic heterocycles. The normalized spacial score (nSPS) is 15.6. The summed E-state index contributed by atoms with van der Waals surface area (Å²) in [5.41, 5.74) is 0.958. The Bertz CT molecular complexity index is 223. The van der Waals surface area contributed by atoms with Crippen LogP contribution in [-0.4, -0.2) is 18.2 Å². The molecular formula is C10H15NO. The summed E-state index contributed by atoms with van der Waals surface area (Å²) in [6.45, 7) is 1.96. The number of nitrogens with one attached hydrogen (secondary N) is 1. The summed E-state index contributed by atoms with van der Waals surface area (Å²) < 4.78 is 0. The lowest BCUT2D eigenvalue weighted by Gasteiger charge is -2.17. The lowest BCUT2D eigenvalue weighted by Crippen LogP contribution is -2.28. The van der Waals surface area contributed by atoms with Gasteiger partial charge in [0.05, 0.1) is 6.10 Å². The third kappa shape index (κ3) is 2.06. The van der Waals surface area contributed by atoms with Gasteiger partial charge in [-0.15, -0.1) is 0 Å². The SMILES string of the molecule is CN[C@H](C)[C@@H](O)c1ccccc1. The molecule has 2 nitrogen and oxygen atoms in total. The van der Waals surface area contributed by atoms with Gasteiger partial charge in [-0.05, 0) is 19.5 Å². The lowest BCUT2D eigenvalue weighted by molar-refractivity contribution is 0.140. The molecular weight excluding hydrogens is 150 g/mol. The third-order valence-electron chi connectivity index (χ3n) is 2.07. The van der Waals surface area contributed by atoms with Crippen LogP contribution in [-0.2, 0) is 0 Å². The Kier molecular flexibility index (Phi) is 3.26. The highest BCUT2D eigenvalue weighted by Gasteiger charge is 2.12. The fraction of sp³-hybridized carbons (Fsp3) is 0.400. The first kappa shape index (κ1) is 9.23. The molecule has 0 heterocycles. The Morgan fingerprint density at radius 2 is 1.83 bits per heavy atom. The quantitative estimate of drug-likeness (QED) is 0.708. The first-order valence-corrected chi connectivity index (χ1v) is 4.16. The molecule has 2 heteroatoms. The topological polar surface area (TPSA) is 32.3 Å². The summed E-state index contributed by atoms with van der Waals surface area (Å²) in [4.78, 5) is 0. The molecule has 0 fully saturated rings. The molecule has 0 spiro atoms. The Labute approximate surface area is 73.2 Å². The van der Waals surface area contributed by atoms with E-state index in [1.165, 1.54) is 0 Å². The number of hydrogen-bond donors (Lipinski definition) is 2. The van der Waals surface area contributed by atoms with E-state index in [0.717, 1.165) is 5.56 Å². The molecule has 0 saturated carbocycles. The highest BCUT2D eigenvalue weighted by atomic mass is 16.3. The van der Waals surface area contributed by atoms with Crippen molar-refractivity contribution in [2.75, 3.05) is 7.05 Å². The fourth-order valence-electron chi connectivity index (χ4n) is 1.10. The van der Waals surface area contributed by atoms with Gasteiger partial charge >= 0.3 is 0 Å². The van der Waals surface area contributed by atoms with Crippen molar-refractivity contribution >= 4 is 0 Å². The number of benzene rings is 1. The Morgan fingerprint density at radius 1 is 1.25 bits per heavy atom. The summed E-state index contributed by atoms with van der Waals surface area (Å²) in [7, 11) is 1.84. The second kappa shape index (κ2) is 4.24. The van der Waals surface area contributed by atoms with Crippen LogP contribution in [0.1, 0.15) is 18.6 Å². The summed E-state index contributed by atoms with van der Waals surface area (Å²) in [6.07, 6.45) is -0.420. The molecule has 1 aromatic rings. The predicted molar refractivity (Wildman–Crippen MR) is 49.9 cm³/mol. The number of rotatable bonds is 3. The second-order valence-electron chi connectivity index (χ2n) is 2.93. The fourth-order valence-corrected chi connectivity index (χ4v) is 1.10. The van der Waals surface area contributed by atoms with E-state index < -0.39 is 6.10 Å². The predicted octanol–water partition coefficient (Wildman–Crippen LogP) is 1.33. The first-order valence-electron chi connectivity index (χ1n) is 4.16. The van der Waals surface area contributed by atoms with E-state index in [1.54, 1.807) is 0 Å². The minimum Gasteiger partial charge on any atom is -0.387 e. The van der Waals surface area contributed by atoms with Gasteiger partial charge in [-0.1, -0.05) is 30.3 Å². The number of aliphatic hydroxyl groups excluding tert-OH is 1. The van der Waals surface area contributed by atoms with Crippen molar-refractivity contribution in [1.29, 1.82) is 0 Å². The van der Waals surface area contributed by atoms with Crippen molar-refractivity contribution in [1.82, 2.24) is 5.32 Å². The van der Waals surface area contributed by atoms with Crippen molar-refractivity contribution in [2.45, 2.75) is 19.1 Å². The molecule has 12 heavy (non-hydrogen) atoms. The number of hydrogen-bond acceptors (Lipinski definition) is 2. The van der Waals surface area contributed by atoms with Gasteiger partial charge in [-0.25, -0.2) is 0 Å². The maximum atomic E-state index is 9.73. The number of aliphatic hydroxyl groups is 1. The lowest BCUT2D eigenvalue weighted by atomic mass is 10.0. The van der Waals surface area contributed by atoms with Crippen molar-refractivity contribution in [3.63, 3.8) is 0 Å². The van der Waals surface area contributed by atoms with Crippen LogP contribution in [0.2, 0.25) is 0 Å². The summed E-state index contributed by atoms with van der Waals surface area (Å²) >= 11 is 0. The van der Waals surface area contributed by atoms with Crippen molar-refractivity contribution in [3.05, 3.63) is 35.9 Å². The molecule has 0 unspecified atom stereocenters. The van der Waals surface area contributed by atoms with Crippen LogP contribution in [0.15, 0.2) is 30.3 Å². The molecule has 0 radical (unpaired) electrons. The molecule has 2 N–H and O–H groups in total. The van der Waals surface area contributed by atoms with Crippen LogP contribution in [0.4, 0.5) is 0 Å². The molecule has 0 aliphatic rings. The minimum absolute atomic E-state index is 0.0902. The van der Waals surface area contributed by atoms with E-state index in [0.29, 0.717) is 0 Å². The number of likely N-dealkylation sites (N-methyl/N-ethyl adjacent to an activating group) is 1. The highest BCUT2D eigenvalue weighted by molar-refractivity contribution is 5.18.